The third-order valence-electron chi connectivity index (χ3n) is 3.80. The molecular weight excluding hydrogens is 388 g/mol. The second-order valence-electron chi connectivity index (χ2n) is 5.21. The molecule has 3 rings (SSSR count). The van der Waals surface area contributed by atoms with Gasteiger partial charge in [-0.1, -0.05) is 81.2 Å². The zero-order valence-electron chi connectivity index (χ0n) is 11.8. The number of aryl methyl sites for hydroxylation is 1. The van der Waals surface area contributed by atoms with Gasteiger partial charge in [0.05, 0.1) is 4.83 Å². The van der Waals surface area contributed by atoms with Crippen LogP contribution in [0.15, 0.2) is 65.1 Å². The number of alkyl halides is 1. The van der Waals surface area contributed by atoms with E-state index in [2.05, 4.69) is 99.4 Å². The van der Waals surface area contributed by atoms with Crippen LogP contribution >= 0.6 is 31.9 Å². The quantitative estimate of drug-likeness (QED) is 0.429. The van der Waals surface area contributed by atoms with Crippen molar-refractivity contribution in [2.75, 3.05) is 0 Å². The fourth-order valence-electron chi connectivity index (χ4n) is 2.51. The molecule has 0 N–H and O–H groups in total. The monoisotopic (exact) mass is 402 g/mol. The van der Waals surface area contributed by atoms with Crippen LogP contribution in [0.3, 0.4) is 0 Å². The lowest BCUT2D eigenvalue weighted by Gasteiger charge is -2.12. The predicted molar refractivity (Wildman–Crippen MR) is 98.2 cm³/mol. The van der Waals surface area contributed by atoms with Gasteiger partial charge < -0.3 is 0 Å². The van der Waals surface area contributed by atoms with Gasteiger partial charge in [0.2, 0.25) is 0 Å². The molecule has 0 saturated carbocycles. The van der Waals surface area contributed by atoms with Gasteiger partial charge in [-0.2, -0.15) is 0 Å². The molecule has 0 amide bonds. The first-order chi connectivity index (χ1) is 10.2. The topological polar surface area (TPSA) is 0 Å². The summed E-state index contributed by atoms with van der Waals surface area (Å²) in [7, 11) is 0. The van der Waals surface area contributed by atoms with Crippen molar-refractivity contribution in [3.63, 3.8) is 0 Å². The Balaban J connectivity index is 1.96. The minimum absolute atomic E-state index is 0.233. The van der Waals surface area contributed by atoms with Crippen LogP contribution in [0.25, 0.3) is 10.8 Å². The lowest BCUT2D eigenvalue weighted by atomic mass is 10.00. The Kier molecular flexibility index (Phi) is 4.46. The first kappa shape index (κ1) is 14.8. The second kappa shape index (κ2) is 6.33. The van der Waals surface area contributed by atoms with Crippen molar-refractivity contribution >= 4 is 42.6 Å². The number of hydrogen-bond acceptors (Lipinski definition) is 0. The molecule has 0 fully saturated rings. The number of hydrogen-bond donors (Lipinski definition) is 0. The first-order valence-electron chi connectivity index (χ1n) is 7.09. The van der Waals surface area contributed by atoms with Crippen molar-refractivity contribution in [3.8, 4) is 0 Å². The standard InChI is InChI=1S/C19H16Br2/c1-2-13-3-5-14(6-4-13)19(21)17-8-7-16-12-18(20)10-9-15(16)11-17/h3-12,19H,2H2,1H3. The average Bonchev–Trinajstić information content (AvgIpc) is 2.53. The van der Waals surface area contributed by atoms with Crippen LogP contribution in [-0.2, 0) is 6.42 Å². The highest BCUT2D eigenvalue weighted by molar-refractivity contribution is 9.10. The van der Waals surface area contributed by atoms with Gasteiger partial charge in [-0.15, -0.1) is 0 Å². The average molecular weight is 404 g/mol. The maximum absolute atomic E-state index is 3.83. The van der Waals surface area contributed by atoms with Crippen LogP contribution in [0.5, 0.6) is 0 Å². The number of benzene rings is 3. The molecule has 0 bridgehead atoms. The van der Waals surface area contributed by atoms with E-state index in [0.29, 0.717) is 0 Å². The minimum atomic E-state index is 0.233. The van der Waals surface area contributed by atoms with E-state index in [1.54, 1.807) is 0 Å². The van der Waals surface area contributed by atoms with Gasteiger partial charge >= 0.3 is 0 Å². The summed E-state index contributed by atoms with van der Waals surface area (Å²) in [5.41, 5.74) is 3.96. The highest BCUT2D eigenvalue weighted by atomic mass is 79.9. The highest BCUT2D eigenvalue weighted by Crippen LogP contribution is 2.33. The van der Waals surface area contributed by atoms with E-state index in [1.807, 2.05) is 0 Å². The molecule has 21 heavy (non-hydrogen) atoms. The van der Waals surface area contributed by atoms with Crippen LogP contribution in [-0.4, -0.2) is 0 Å². The fraction of sp³-hybridized carbons (Fsp3) is 0.158. The molecule has 0 aromatic heterocycles. The lowest BCUT2D eigenvalue weighted by Crippen LogP contribution is -1.93. The van der Waals surface area contributed by atoms with Gasteiger partial charge in [0.25, 0.3) is 0 Å². The summed E-state index contributed by atoms with van der Waals surface area (Å²) in [4.78, 5) is 0.233. The maximum atomic E-state index is 3.83. The van der Waals surface area contributed by atoms with E-state index in [1.165, 1.54) is 27.5 Å². The molecule has 0 radical (unpaired) electrons. The zero-order valence-corrected chi connectivity index (χ0v) is 15.0. The van der Waals surface area contributed by atoms with Crippen LogP contribution in [0, 0.1) is 0 Å². The van der Waals surface area contributed by atoms with Crippen molar-refractivity contribution < 1.29 is 0 Å². The van der Waals surface area contributed by atoms with Gasteiger partial charge in [0, 0.05) is 4.47 Å². The Morgan fingerprint density at radius 3 is 2.14 bits per heavy atom. The summed E-state index contributed by atoms with van der Waals surface area (Å²) in [5, 5.41) is 2.53. The Morgan fingerprint density at radius 2 is 1.43 bits per heavy atom. The molecule has 1 unspecified atom stereocenters. The molecule has 0 spiro atoms. The summed E-state index contributed by atoms with van der Waals surface area (Å²) < 4.78 is 1.12. The summed E-state index contributed by atoms with van der Waals surface area (Å²) in [6.45, 7) is 2.18. The Labute approximate surface area is 142 Å². The summed E-state index contributed by atoms with van der Waals surface area (Å²) in [6.07, 6.45) is 1.08. The Morgan fingerprint density at radius 1 is 0.810 bits per heavy atom. The smallest absolute Gasteiger partial charge is 0.0644 e. The van der Waals surface area contributed by atoms with E-state index in [0.717, 1.165) is 10.9 Å². The largest absolute Gasteiger partial charge is 0.0786 e. The van der Waals surface area contributed by atoms with Crippen molar-refractivity contribution in [2.24, 2.45) is 0 Å². The highest BCUT2D eigenvalue weighted by Gasteiger charge is 2.10. The van der Waals surface area contributed by atoms with Crippen molar-refractivity contribution in [1.82, 2.24) is 0 Å². The lowest BCUT2D eigenvalue weighted by molar-refractivity contribution is 1.12. The summed E-state index contributed by atoms with van der Waals surface area (Å²) in [6, 6.07) is 21.9. The van der Waals surface area contributed by atoms with Gasteiger partial charge in [-0.3, -0.25) is 0 Å². The molecule has 0 heterocycles. The van der Waals surface area contributed by atoms with Gasteiger partial charge in [-0.25, -0.2) is 0 Å². The molecule has 2 heteroatoms. The molecule has 0 aliphatic carbocycles. The zero-order chi connectivity index (χ0) is 14.8. The molecular formula is C19H16Br2. The van der Waals surface area contributed by atoms with E-state index < -0.39 is 0 Å². The normalized spacial score (nSPS) is 12.5. The van der Waals surface area contributed by atoms with Crippen molar-refractivity contribution in [3.05, 3.63) is 81.8 Å². The van der Waals surface area contributed by atoms with E-state index in [-0.39, 0.29) is 4.83 Å². The van der Waals surface area contributed by atoms with Crippen LogP contribution in [0.1, 0.15) is 28.4 Å². The number of rotatable bonds is 3. The van der Waals surface area contributed by atoms with Gasteiger partial charge in [0.1, 0.15) is 0 Å². The third kappa shape index (κ3) is 3.22. The van der Waals surface area contributed by atoms with Crippen LogP contribution in [0.2, 0.25) is 0 Å². The van der Waals surface area contributed by atoms with E-state index in [9.17, 15) is 0 Å². The Hall–Kier alpha value is -1.12. The molecule has 0 nitrogen and oxygen atoms in total. The predicted octanol–water partition coefficient (Wildman–Crippen LogP) is 6.65. The van der Waals surface area contributed by atoms with Crippen molar-refractivity contribution in [2.45, 2.75) is 18.2 Å². The van der Waals surface area contributed by atoms with Gasteiger partial charge in [-0.05, 0) is 52.1 Å². The molecule has 3 aromatic rings. The molecule has 3 aromatic carbocycles. The SMILES string of the molecule is CCc1ccc(C(Br)c2ccc3cc(Br)ccc3c2)cc1. The molecule has 0 saturated heterocycles. The fourth-order valence-corrected chi connectivity index (χ4v) is 3.48. The summed E-state index contributed by atoms with van der Waals surface area (Å²) >= 11 is 7.35. The maximum Gasteiger partial charge on any atom is 0.0644 e. The molecule has 0 aliphatic heterocycles. The van der Waals surface area contributed by atoms with Crippen LogP contribution in [0.4, 0.5) is 0 Å². The number of fused-ring (bicyclic) bond motifs is 1. The minimum Gasteiger partial charge on any atom is -0.0786 e. The van der Waals surface area contributed by atoms with Gasteiger partial charge in [0.15, 0.2) is 0 Å². The molecule has 0 aliphatic rings. The number of halogens is 2. The van der Waals surface area contributed by atoms with E-state index >= 15 is 0 Å². The molecule has 106 valence electrons. The van der Waals surface area contributed by atoms with Crippen LogP contribution < -0.4 is 0 Å². The second-order valence-corrected chi connectivity index (χ2v) is 7.04. The Bertz CT molecular complexity index is 760. The third-order valence-corrected chi connectivity index (χ3v) is 5.35. The van der Waals surface area contributed by atoms with E-state index in [4.69, 9.17) is 0 Å². The first-order valence-corrected chi connectivity index (χ1v) is 8.80. The summed E-state index contributed by atoms with van der Waals surface area (Å²) in [5.74, 6) is 0. The van der Waals surface area contributed by atoms with Crippen molar-refractivity contribution in [1.29, 1.82) is 0 Å². The molecule has 1 atom stereocenters.